The van der Waals surface area contributed by atoms with Crippen LogP contribution in [0.2, 0.25) is 10.0 Å². The molecule has 7 heteroatoms. The number of benzene rings is 3. The van der Waals surface area contributed by atoms with Gasteiger partial charge in [0.2, 0.25) is 0 Å². The molecule has 1 unspecified atom stereocenters. The zero-order valence-corrected chi connectivity index (χ0v) is 22.4. The Kier molecular flexibility index (Phi) is 7.33. The predicted molar refractivity (Wildman–Crippen MR) is 144 cm³/mol. The first kappa shape index (κ1) is 25.7. The monoisotopic (exact) mass is 529 g/mol. The van der Waals surface area contributed by atoms with E-state index in [0.717, 1.165) is 22.3 Å². The van der Waals surface area contributed by atoms with Crippen LogP contribution in [0.15, 0.2) is 66.7 Å². The predicted octanol–water partition coefficient (Wildman–Crippen LogP) is 6.79. The van der Waals surface area contributed by atoms with Crippen LogP contribution in [0.1, 0.15) is 48.7 Å². The van der Waals surface area contributed by atoms with E-state index in [1.54, 1.807) is 17.0 Å². The van der Waals surface area contributed by atoms with E-state index in [4.69, 9.17) is 23.2 Å². The smallest absolute Gasteiger partial charge is 0.254 e. The van der Waals surface area contributed by atoms with Gasteiger partial charge in [0.25, 0.3) is 5.91 Å². The third-order valence-corrected chi connectivity index (χ3v) is 8.76. The van der Waals surface area contributed by atoms with Gasteiger partial charge in [0, 0.05) is 33.8 Å². The minimum absolute atomic E-state index is 0.00270. The second-order valence-electron chi connectivity index (χ2n) is 10.1. The normalized spacial score (nSPS) is 17.3. The third kappa shape index (κ3) is 6.08. The fourth-order valence-corrected chi connectivity index (χ4v) is 6.62. The molecule has 0 aromatic heterocycles. The average molecular weight is 531 g/mol. The summed E-state index contributed by atoms with van der Waals surface area (Å²) in [5.74, 6) is -0.0484. The van der Waals surface area contributed by atoms with Crippen molar-refractivity contribution in [3.63, 3.8) is 0 Å². The van der Waals surface area contributed by atoms with Crippen molar-refractivity contribution in [2.45, 2.75) is 45.2 Å². The molecule has 1 amide bonds. The van der Waals surface area contributed by atoms with Crippen molar-refractivity contribution in [3.8, 4) is 11.1 Å². The van der Waals surface area contributed by atoms with Gasteiger partial charge in [-0.05, 0) is 52.8 Å². The van der Waals surface area contributed by atoms with E-state index in [1.807, 2.05) is 54.6 Å². The average Bonchev–Trinajstić information content (AvgIpc) is 3.16. The molecule has 1 aliphatic heterocycles. The first-order valence-electron chi connectivity index (χ1n) is 11.6. The molecule has 3 aromatic rings. The maximum atomic E-state index is 13.6. The summed E-state index contributed by atoms with van der Waals surface area (Å²) in [7, 11) is -3.14. The van der Waals surface area contributed by atoms with Gasteiger partial charge in [-0.2, -0.15) is 0 Å². The molecule has 1 heterocycles. The van der Waals surface area contributed by atoms with Crippen molar-refractivity contribution >= 4 is 38.9 Å². The molecule has 0 bridgehead atoms. The molecule has 3 aromatic carbocycles. The Bertz CT molecular complexity index is 1330. The van der Waals surface area contributed by atoms with Crippen LogP contribution in [-0.4, -0.2) is 36.8 Å². The number of carbonyl (C=O) groups is 1. The highest BCUT2D eigenvalue weighted by atomic mass is 35.5. The zero-order valence-electron chi connectivity index (χ0n) is 20.1. The summed E-state index contributed by atoms with van der Waals surface area (Å²) in [5.41, 5.74) is 4.41. The van der Waals surface area contributed by atoms with Gasteiger partial charge in [0.05, 0.1) is 11.5 Å². The third-order valence-electron chi connectivity index (χ3n) is 6.46. The largest absolute Gasteiger partial charge is 0.330 e. The van der Waals surface area contributed by atoms with Crippen LogP contribution in [0, 0.1) is 0 Å². The summed E-state index contributed by atoms with van der Waals surface area (Å²) >= 11 is 12.4. The van der Waals surface area contributed by atoms with E-state index in [1.165, 1.54) is 0 Å². The molecular weight excluding hydrogens is 501 g/mol. The lowest BCUT2D eigenvalue weighted by Gasteiger charge is -2.29. The molecular formula is C28H29Cl2NO3S. The molecule has 0 radical (unpaired) electrons. The molecule has 1 aliphatic rings. The van der Waals surface area contributed by atoms with Gasteiger partial charge < -0.3 is 4.90 Å². The van der Waals surface area contributed by atoms with Crippen LogP contribution in [0.3, 0.4) is 0 Å². The number of halogens is 2. The van der Waals surface area contributed by atoms with Crippen LogP contribution in [-0.2, 0) is 21.8 Å². The Morgan fingerprint density at radius 3 is 2.17 bits per heavy atom. The van der Waals surface area contributed by atoms with Crippen LogP contribution in [0.25, 0.3) is 11.1 Å². The second-order valence-corrected chi connectivity index (χ2v) is 13.2. The number of nitrogens with zero attached hydrogens (tertiary/aromatic N) is 1. The fourth-order valence-electron chi connectivity index (χ4n) is 4.38. The van der Waals surface area contributed by atoms with E-state index in [9.17, 15) is 13.2 Å². The number of amides is 1. The minimum Gasteiger partial charge on any atom is -0.330 e. The van der Waals surface area contributed by atoms with Crippen molar-refractivity contribution in [3.05, 3.63) is 93.5 Å². The lowest BCUT2D eigenvalue weighted by atomic mass is 9.86. The zero-order chi connectivity index (χ0) is 25.4. The molecule has 1 atom stereocenters. The van der Waals surface area contributed by atoms with Gasteiger partial charge in [-0.25, -0.2) is 8.42 Å². The van der Waals surface area contributed by atoms with E-state index in [0.29, 0.717) is 28.6 Å². The highest BCUT2D eigenvalue weighted by Crippen LogP contribution is 2.31. The van der Waals surface area contributed by atoms with E-state index < -0.39 is 9.84 Å². The summed E-state index contributed by atoms with van der Waals surface area (Å²) in [5, 5.41) is 1.14. The van der Waals surface area contributed by atoms with Gasteiger partial charge in [0.1, 0.15) is 0 Å². The van der Waals surface area contributed by atoms with Crippen molar-refractivity contribution in [2.24, 2.45) is 0 Å². The van der Waals surface area contributed by atoms with E-state index in [-0.39, 0.29) is 28.9 Å². The maximum Gasteiger partial charge on any atom is 0.254 e. The molecule has 0 spiro atoms. The Morgan fingerprint density at radius 1 is 0.971 bits per heavy atom. The molecule has 0 N–H and O–H groups in total. The molecule has 1 saturated heterocycles. The fraction of sp³-hybridized carbons (Fsp3) is 0.321. The number of hydrogen-bond acceptors (Lipinski definition) is 3. The summed E-state index contributed by atoms with van der Waals surface area (Å²) in [4.78, 5) is 15.3. The molecule has 184 valence electrons. The van der Waals surface area contributed by atoms with Crippen molar-refractivity contribution in [2.75, 3.05) is 11.5 Å². The van der Waals surface area contributed by atoms with Gasteiger partial charge in [-0.1, -0.05) is 86.4 Å². The SMILES string of the molecule is CC(C)(C)c1ccc(C(=O)N(Cc2ccc(-c3ccc(Cl)cc3Cl)cc2)C2CCS(=O)(=O)C2)cc1. The summed E-state index contributed by atoms with van der Waals surface area (Å²) in [6.07, 6.45) is 0.451. The summed E-state index contributed by atoms with van der Waals surface area (Å²) in [6, 6.07) is 20.5. The topological polar surface area (TPSA) is 54.5 Å². The molecule has 35 heavy (non-hydrogen) atoms. The van der Waals surface area contributed by atoms with Gasteiger partial charge in [0.15, 0.2) is 9.84 Å². The number of hydrogen-bond donors (Lipinski definition) is 0. The first-order chi connectivity index (χ1) is 16.4. The van der Waals surface area contributed by atoms with Crippen molar-refractivity contribution in [1.29, 1.82) is 0 Å². The lowest BCUT2D eigenvalue weighted by molar-refractivity contribution is 0.0681. The maximum absolute atomic E-state index is 13.6. The molecule has 4 nitrogen and oxygen atoms in total. The van der Waals surface area contributed by atoms with Gasteiger partial charge in [-0.3, -0.25) is 4.79 Å². The quantitative estimate of drug-likeness (QED) is 0.365. The highest BCUT2D eigenvalue weighted by Gasteiger charge is 2.35. The summed E-state index contributed by atoms with van der Waals surface area (Å²) in [6.45, 7) is 6.70. The van der Waals surface area contributed by atoms with Crippen LogP contribution < -0.4 is 0 Å². The van der Waals surface area contributed by atoms with Crippen LogP contribution in [0.5, 0.6) is 0 Å². The number of sulfone groups is 1. The van der Waals surface area contributed by atoms with Gasteiger partial charge >= 0.3 is 0 Å². The van der Waals surface area contributed by atoms with Crippen LogP contribution >= 0.6 is 23.2 Å². The standard InChI is InChI=1S/C28H29Cl2NO3S/c1-28(2,3)22-10-8-21(9-11-22)27(32)31(24-14-15-35(33,34)18-24)17-19-4-6-20(7-5-19)25-13-12-23(29)16-26(25)30/h4-13,16,24H,14-15,17-18H2,1-3H3. The Balaban J connectivity index is 1.60. The molecule has 1 fully saturated rings. The Morgan fingerprint density at radius 2 is 1.63 bits per heavy atom. The Hall–Kier alpha value is -2.34. The van der Waals surface area contributed by atoms with E-state index >= 15 is 0 Å². The van der Waals surface area contributed by atoms with Crippen LogP contribution in [0.4, 0.5) is 0 Å². The van der Waals surface area contributed by atoms with E-state index in [2.05, 4.69) is 20.8 Å². The highest BCUT2D eigenvalue weighted by molar-refractivity contribution is 7.91. The minimum atomic E-state index is -3.14. The first-order valence-corrected chi connectivity index (χ1v) is 14.2. The molecule has 0 saturated carbocycles. The second kappa shape index (κ2) is 9.96. The summed E-state index contributed by atoms with van der Waals surface area (Å²) < 4.78 is 24.4. The Labute approximate surface area is 217 Å². The van der Waals surface area contributed by atoms with Gasteiger partial charge in [-0.15, -0.1) is 0 Å². The number of rotatable bonds is 5. The van der Waals surface area contributed by atoms with Crippen molar-refractivity contribution in [1.82, 2.24) is 4.90 Å². The number of carbonyl (C=O) groups excluding carboxylic acids is 1. The van der Waals surface area contributed by atoms with Crippen molar-refractivity contribution < 1.29 is 13.2 Å². The lowest BCUT2D eigenvalue weighted by Crippen LogP contribution is -2.40. The molecule has 0 aliphatic carbocycles. The molecule has 4 rings (SSSR count).